The average molecular weight is 465 g/mol. The number of nitriles is 1. The Bertz CT molecular complexity index is 1050. The quantitative estimate of drug-likeness (QED) is 0.561. The standard InChI is InChI=1S/C26H32N4O4/c1-18-16-29(11-12-30(18)24(31)10-13-32-2)26-21(15-27)14-23(25(28-26)20-6-7-20)34-17-19-4-8-22(33-3)9-5-19/h4-5,8-9,14,18,20H,6-7,10-13,16-17H2,1-3H3/t18-/m1/s1. The first-order valence-electron chi connectivity index (χ1n) is 11.8. The van der Waals surface area contributed by atoms with Gasteiger partial charge in [0, 0.05) is 44.8 Å². The van der Waals surface area contributed by atoms with Gasteiger partial charge in [-0.1, -0.05) is 12.1 Å². The van der Waals surface area contributed by atoms with Gasteiger partial charge in [0.1, 0.15) is 30.0 Å². The summed E-state index contributed by atoms with van der Waals surface area (Å²) in [5.74, 6) is 2.64. The Hall–Kier alpha value is -3.31. The maximum Gasteiger partial charge on any atom is 0.225 e. The molecule has 1 amide bonds. The second kappa shape index (κ2) is 10.7. The number of hydrogen-bond donors (Lipinski definition) is 0. The minimum absolute atomic E-state index is 0.0295. The second-order valence-electron chi connectivity index (χ2n) is 8.89. The normalized spacial score (nSPS) is 17.9. The minimum Gasteiger partial charge on any atom is -0.497 e. The topological polar surface area (TPSA) is 87.9 Å². The molecule has 0 N–H and O–H groups in total. The molecule has 1 aliphatic heterocycles. The predicted molar refractivity (Wildman–Crippen MR) is 128 cm³/mol. The third-order valence-electron chi connectivity index (χ3n) is 6.40. The highest BCUT2D eigenvalue weighted by Gasteiger charge is 2.33. The van der Waals surface area contributed by atoms with Crippen molar-refractivity contribution in [2.45, 2.75) is 44.8 Å². The summed E-state index contributed by atoms with van der Waals surface area (Å²) in [6.45, 7) is 4.74. The van der Waals surface area contributed by atoms with Crippen LogP contribution in [0.4, 0.5) is 5.82 Å². The molecule has 0 spiro atoms. The molecular formula is C26H32N4O4. The number of carbonyl (C=O) groups is 1. The number of aromatic nitrogens is 1. The summed E-state index contributed by atoms with van der Waals surface area (Å²) in [5.41, 5.74) is 2.45. The Morgan fingerprint density at radius 2 is 1.97 bits per heavy atom. The van der Waals surface area contributed by atoms with E-state index in [1.807, 2.05) is 42.2 Å². The lowest BCUT2D eigenvalue weighted by Gasteiger charge is -2.40. The van der Waals surface area contributed by atoms with E-state index in [9.17, 15) is 10.1 Å². The number of benzene rings is 1. The van der Waals surface area contributed by atoms with Gasteiger partial charge in [-0.25, -0.2) is 4.98 Å². The number of rotatable bonds is 9. The highest BCUT2D eigenvalue weighted by Crippen LogP contribution is 2.45. The number of nitrogens with zero attached hydrogens (tertiary/aromatic N) is 4. The first kappa shape index (κ1) is 23.8. The number of hydrogen-bond acceptors (Lipinski definition) is 7. The third-order valence-corrected chi connectivity index (χ3v) is 6.40. The van der Waals surface area contributed by atoms with Crippen molar-refractivity contribution in [3.8, 4) is 17.6 Å². The van der Waals surface area contributed by atoms with Crippen LogP contribution in [0.1, 0.15) is 48.9 Å². The van der Waals surface area contributed by atoms with Crippen LogP contribution in [0, 0.1) is 11.3 Å². The van der Waals surface area contributed by atoms with E-state index >= 15 is 0 Å². The summed E-state index contributed by atoms with van der Waals surface area (Å²) in [5, 5.41) is 9.90. The van der Waals surface area contributed by atoms with Gasteiger partial charge in [-0.05, 0) is 37.5 Å². The lowest BCUT2D eigenvalue weighted by atomic mass is 10.1. The van der Waals surface area contributed by atoms with Crippen molar-refractivity contribution in [1.29, 1.82) is 5.26 Å². The van der Waals surface area contributed by atoms with Crippen LogP contribution in [0.5, 0.6) is 11.5 Å². The molecular weight excluding hydrogens is 432 g/mol. The molecule has 1 atom stereocenters. The molecule has 2 aromatic rings. The van der Waals surface area contributed by atoms with Gasteiger partial charge < -0.3 is 24.0 Å². The maximum atomic E-state index is 12.5. The fourth-order valence-electron chi connectivity index (χ4n) is 4.32. The van der Waals surface area contributed by atoms with Crippen molar-refractivity contribution >= 4 is 11.7 Å². The van der Waals surface area contributed by atoms with Crippen molar-refractivity contribution in [1.82, 2.24) is 9.88 Å². The lowest BCUT2D eigenvalue weighted by molar-refractivity contribution is -0.134. The van der Waals surface area contributed by atoms with Crippen LogP contribution in [0.25, 0.3) is 0 Å². The average Bonchev–Trinajstić information content (AvgIpc) is 3.71. The van der Waals surface area contributed by atoms with Crippen LogP contribution in [0.2, 0.25) is 0 Å². The Balaban J connectivity index is 1.51. The smallest absolute Gasteiger partial charge is 0.225 e. The van der Waals surface area contributed by atoms with Crippen LogP contribution in [0.3, 0.4) is 0 Å². The monoisotopic (exact) mass is 464 g/mol. The number of carbonyl (C=O) groups excluding carboxylic acids is 1. The summed E-state index contributed by atoms with van der Waals surface area (Å²) in [4.78, 5) is 21.5. The molecule has 4 rings (SSSR count). The molecule has 0 unspecified atom stereocenters. The lowest BCUT2D eigenvalue weighted by Crippen LogP contribution is -2.54. The van der Waals surface area contributed by atoms with Gasteiger partial charge in [-0.3, -0.25) is 4.79 Å². The van der Waals surface area contributed by atoms with E-state index in [-0.39, 0.29) is 11.9 Å². The molecule has 0 radical (unpaired) electrons. The van der Waals surface area contributed by atoms with Gasteiger partial charge in [0.25, 0.3) is 0 Å². The minimum atomic E-state index is 0.0295. The third kappa shape index (κ3) is 5.42. The molecule has 1 aromatic heterocycles. The van der Waals surface area contributed by atoms with Crippen LogP contribution in [-0.4, -0.2) is 62.3 Å². The summed E-state index contributed by atoms with van der Waals surface area (Å²) in [6.07, 6.45) is 2.54. The van der Waals surface area contributed by atoms with Crippen molar-refractivity contribution in [3.05, 3.63) is 47.2 Å². The van der Waals surface area contributed by atoms with Gasteiger partial charge in [0.2, 0.25) is 5.91 Å². The Labute approximate surface area is 201 Å². The van der Waals surface area contributed by atoms with Gasteiger partial charge in [0.05, 0.1) is 31.4 Å². The summed E-state index contributed by atoms with van der Waals surface area (Å²) in [7, 11) is 3.25. The predicted octanol–water partition coefficient (Wildman–Crippen LogP) is 3.49. The maximum absolute atomic E-state index is 12.5. The van der Waals surface area contributed by atoms with E-state index in [1.165, 1.54) is 0 Å². The van der Waals surface area contributed by atoms with Gasteiger partial charge in [-0.15, -0.1) is 0 Å². The number of methoxy groups -OCH3 is 2. The molecule has 8 heteroatoms. The number of pyridine rings is 1. The molecule has 0 bridgehead atoms. The Kier molecular flexibility index (Phi) is 7.53. The highest BCUT2D eigenvalue weighted by atomic mass is 16.5. The van der Waals surface area contributed by atoms with Crippen LogP contribution < -0.4 is 14.4 Å². The molecule has 1 saturated heterocycles. The molecule has 2 aliphatic rings. The molecule has 1 aromatic carbocycles. The van der Waals surface area contributed by atoms with E-state index in [4.69, 9.17) is 19.2 Å². The summed E-state index contributed by atoms with van der Waals surface area (Å²) >= 11 is 0. The number of ether oxygens (including phenoxy) is 3. The zero-order valence-electron chi connectivity index (χ0n) is 20.1. The fourth-order valence-corrected chi connectivity index (χ4v) is 4.32. The molecule has 34 heavy (non-hydrogen) atoms. The van der Waals surface area contributed by atoms with E-state index in [0.29, 0.717) is 62.3 Å². The Morgan fingerprint density at radius 3 is 2.59 bits per heavy atom. The highest BCUT2D eigenvalue weighted by molar-refractivity contribution is 5.77. The second-order valence-corrected chi connectivity index (χ2v) is 8.89. The van der Waals surface area contributed by atoms with Crippen LogP contribution >= 0.6 is 0 Å². The largest absolute Gasteiger partial charge is 0.497 e. The van der Waals surface area contributed by atoms with Crippen molar-refractivity contribution in [2.24, 2.45) is 0 Å². The van der Waals surface area contributed by atoms with E-state index in [2.05, 4.69) is 11.0 Å². The van der Waals surface area contributed by atoms with Crippen molar-refractivity contribution in [2.75, 3.05) is 45.4 Å². The van der Waals surface area contributed by atoms with Crippen LogP contribution in [-0.2, 0) is 16.1 Å². The first-order valence-corrected chi connectivity index (χ1v) is 11.8. The zero-order chi connectivity index (χ0) is 24.1. The molecule has 1 saturated carbocycles. The van der Waals surface area contributed by atoms with Crippen LogP contribution in [0.15, 0.2) is 30.3 Å². The van der Waals surface area contributed by atoms with Gasteiger partial charge in [0.15, 0.2) is 0 Å². The van der Waals surface area contributed by atoms with Gasteiger partial charge >= 0.3 is 0 Å². The number of anilines is 1. The molecule has 2 fully saturated rings. The van der Waals surface area contributed by atoms with E-state index in [1.54, 1.807) is 14.2 Å². The molecule has 180 valence electrons. The van der Waals surface area contributed by atoms with E-state index < -0.39 is 0 Å². The summed E-state index contributed by atoms with van der Waals surface area (Å²) in [6, 6.07) is 11.9. The van der Waals surface area contributed by atoms with E-state index in [0.717, 1.165) is 29.8 Å². The van der Waals surface area contributed by atoms with Gasteiger partial charge in [-0.2, -0.15) is 5.26 Å². The molecule has 1 aliphatic carbocycles. The molecule has 8 nitrogen and oxygen atoms in total. The summed E-state index contributed by atoms with van der Waals surface area (Å²) < 4.78 is 16.4. The molecule has 2 heterocycles. The number of piperazine rings is 1. The van der Waals surface area contributed by atoms with Crippen molar-refractivity contribution < 1.29 is 19.0 Å². The fraction of sp³-hybridized carbons (Fsp3) is 0.500. The Morgan fingerprint density at radius 1 is 1.21 bits per heavy atom. The van der Waals surface area contributed by atoms with Crippen molar-refractivity contribution in [3.63, 3.8) is 0 Å². The zero-order valence-corrected chi connectivity index (χ0v) is 20.1. The first-order chi connectivity index (χ1) is 16.5. The SMILES string of the molecule is COCCC(=O)N1CCN(c2nc(C3CC3)c(OCc3ccc(OC)cc3)cc2C#N)C[C@H]1C. The number of amides is 1.